The van der Waals surface area contributed by atoms with Crippen molar-refractivity contribution in [3.8, 4) is 0 Å². The molecule has 3 rings (SSSR count). The van der Waals surface area contributed by atoms with Crippen LogP contribution < -0.4 is 5.32 Å². The Kier molecular flexibility index (Phi) is 6.74. The fourth-order valence-electron chi connectivity index (χ4n) is 4.04. The molecule has 5 heteroatoms. The van der Waals surface area contributed by atoms with Crippen LogP contribution in [0.3, 0.4) is 0 Å². The molecule has 2 amide bonds. The van der Waals surface area contributed by atoms with E-state index in [1.807, 2.05) is 4.90 Å². The summed E-state index contributed by atoms with van der Waals surface area (Å²) in [6.07, 6.45) is 8.43. The van der Waals surface area contributed by atoms with Crippen LogP contribution in [-0.2, 0) is 17.6 Å². The Morgan fingerprint density at radius 1 is 1.23 bits per heavy atom. The number of thiophene rings is 1. The predicted molar refractivity (Wildman–Crippen MR) is 107 cm³/mol. The average molecular weight is 377 g/mol. The maximum atomic E-state index is 12.9. The Bertz CT molecular complexity index is 632. The van der Waals surface area contributed by atoms with Crippen molar-refractivity contribution in [3.63, 3.8) is 0 Å². The second-order valence-corrected chi connectivity index (χ2v) is 9.11. The van der Waals surface area contributed by atoms with Crippen LogP contribution in [0.2, 0.25) is 0 Å². The van der Waals surface area contributed by atoms with Crippen molar-refractivity contribution in [2.45, 2.75) is 65.2 Å². The lowest BCUT2D eigenvalue weighted by Gasteiger charge is -2.31. The predicted octanol–water partition coefficient (Wildman–Crippen LogP) is 4.03. The summed E-state index contributed by atoms with van der Waals surface area (Å²) in [5.74, 6) is 1.14. The molecule has 0 radical (unpaired) electrons. The molecule has 1 aliphatic heterocycles. The number of unbranched alkanes of at least 4 members (excludes halogenated alkanes) is 2. The zero-order chi connectivity index (χ0) is 18.5. The van der Waals surface area contributed by atoms with Gasteiger partial charge in [0.25, 0.3) is 5.91 Å². The van der Waals surface area contributed by atoms with Gasteiger partial charge in [-0.05, 0) is 56.1 Å². The normalized spacial score (nSPS) is 20.7. The third-order valence-corrected chi connectivity index (χ3v) is 7.00. The van der Waals surface area contributed by atoms with Crippen molar-refractivity contribution in [3.05, 3.63) is 21.4 Å². The molecule has 1 aliphatic carbocycles. The van der Waals surface area contributed by atoms with Gasteiger partial charge in [-0.15, -0.1) is 11.3 Å². The Labute approximate surface area is 161 Å². The Balaban J connectivity index is 1.49. The van der Waals surface area contributed by atoms with Gasteiger partial charge in [-0.25, -0.2) is 0 Å². The number of fused-ring (bicyclic) bond motifs is 1. The first kappa shape index (κ1) is 19.4. The summed E-state index contributed by atoms with van der Waals surface area (Å²) in [5, 5.41) is 3.06. The molecule has 1 saturated heterocycles. The zero-order valence-corrected chi connectivity index (χ0v) is 17.0. The third-order valence-electron chi connectivity index (χ3n) is 5.77. The molecule has 2 heterocycles. The van der Waals surface area contributed by atoms with Crippen LogP contribution in [0.1, 0.15) is 72.5 Å². The highest BCUT2D eigenvalue weighted by atomic mass is 32.1. The molecule has 1 N–H and O–H groups in total. The highest BCUT2D eigenvalue weighted by molar-refractivity contribution is 7.14. The maximum Gasteiger partial charge on any atom is 0.263 e. The van der Waals surface area contributed by atoms with E-state index in [0.717, 1.165) is 55.9 Å². The summed E-state index contributed by atoms with van der Waals surface area (Å²) in [6, 6.07) is 2.13. The minimum absolute atomic E-state index is 0.0677. The van der Waals surface area contributed by atoms with Gasteiger partial charge in [0.2, 0.25) is 5.91 Å². The van der Waals surface area contributed by atoms with Crippen molar-refractivity contribution in [1.29, 1.82) is 0 Å². The van der Waals surface area contributed by atoms with Crippen LogP contribution in [0.15, 0.2) is 6.07 Å². The number of hydrogen-bond donors (Lipinski definition) is 1. The molecule has 1 unspecified atom stereocenters. The van der Waals surface area contributed by atoms with Crippen molar-refractivity contribution < 1.29 is 9.59 Å². The molecule has 0 bridgehead atoms. The van der Waals surface area contributed by atoms with Crippen LogP contribution in [0.4, 0.5) is 0 Å². The van der Waals surface area contributed by atoms with Gasteiger partial charge in [0, 0.05) is 30.4 Å². The number of rotatable bonds is 6. The van der Waals surface area contributed by atoms with Crippen molar-refractivity contribution in [2.24, 2.45) is 11.8 Å². The van der Waals surface area contributed by atoms with Gasteiger partial charge in [-0.1, -0.05) is 26.7 Å². The van der Waals surface area contributed by atoms with Crippen LogP contribution >= 0.6 is 11.3 Å². The smallest absolute Gasteiger partial charge is 0.263 e. The molecule has 0 saturated carbocycles. The molecule has 4 nitrogen and oxygen atoms in total. The van der Waals surface area contributed by atoms with E-state index in [0.29, 0.717) is 13.1 Å². The average Bonchev–Trinajstić information content (AvgIpc) is 3.07. The monoisotopic (exact) mass is 376 g/mol. The van der Waals surface area contributed by atoms with E-state index in [9.17, 15) is 9.59 Å². The third kappa shape index (κ3) is 4.67. The summed E-state index contributed by atoms with van der Waals surface area (Å²) in [7, 11) is 0. The van der Waals surface area contributed by atoms with Crippen LogP contribution in [0.5, 0.6) is 0 Å². The molecular formula is C21H32N2O2S. The molecule has 144 valence electrons. The number of likely N-dealkylation sites (tertiary alicyclic amines) is 1. The number of carbonyl (C=O) groups is 2. The molecule has 1 aromatic rings. The summed E-state index contributed by atoms with van der Waals surface area (Å²) in [6.45, 7) is 6.64. The largest absolute Gasteiger partial charge is 0.356 e. The molecule has 26 heavy (non-hydrogen) atoms. The number of aryl methyl sites for hydroxylation is 1. The Hall–Kier alpha value is -1.36. The van der Waals surface area contributed by atoms with Gasteiger partial charge in [0.1, 0.15) is 0 Å². The standard InChI is InChI=1S/C21H32N2O2S/c1-3-4-5-10-22-20(24)16-8-11-23(12-9-16)21(25)19-14-17-13-15(2)6-7-18(17)26-19/h14-16H,3-13H2,1-2H3,(H,22,24). The highest BCUT2D eigenvalue weighted by Crippen LogP contribution is 2.33. The molecule has 1 aromatic heterocycles. The fourth-order valence-corrected chi connectivity index (χ4v) is 5.22. The summed E-state index contributed by atoms with van der Waals surface area (Å²) in [4.78, 5) is 29.4. The van der Waals surface area contributed by atoms with E-state index in [-0.39, 0.29) is 17.7 Å². The van der Waals surface area contributed by atoms with Gasteiger partial charge >= 0.3 is 0 Å². The van der Waals surface area contributed by atoms with Gasteiger partial charge in [0.05, 0.1) is 4.88 Å². The van der Waals surface area contributed by atoms with E-state index in [4.69, 9.17) is 0 Å². The van der Waals surface area contributed by atoms with Crippen LogP contribution in [0.25, 0.3) is 0 Å². The molecule has 1 atom stereocenters. The van der Waals surface area contributed by atoms with Crippen molar-refractivity contribution >= 4 is 23.2 Å². The summed E-state index contributed by atoms with van der Waals surface area (Å²) in [5.41, 5.74) is 1.39. The summed E-state index contributed by atoms with van der Waals surface area (Å²) >= 11 is 1.69. The lowest BCUT2D eigenvalue weighted by atomic mass is 9.90. The first-order valence-corrected chi connectivity index (χ1v) is 11.1. The minimum atomic E-state index is 0.0677. The van der Waals surface area contributed by atoms with Crippen LogP contribution in [0, 0.1) is 11.8 Å². The van der Waals surface area contributed by atoms with E-state index < -0.39 is 0 Å². The van der Waals surface area contributed by atoms with Crippen LogP contribution in [-0.4, -0.2) is 36.3 Å². The Morgan fingerprint density at radius 2 is 2.00 bits per heavy atom. The van der Waals surface area contributed by atoms with Gasteiger partial charge < -0.3 is 10.2 Å². The number of nitrogens with zero attached hydrogens (tertiary/aromatic N) is 1. The topological polar surface area (TPSA) is 49.4 Å². The van der Waals surface area contributed by atoms with E-state index in [1.54, 1.807) is 11.3 Å². The fraction of sp³-hybridized carbons (Fsp3) is 0.714. The lowest BCUT2D eigenvalue weighted by Crippen LogP contribution is -2.43. The second-order valence-electron chi connectivity index (χ2n) is 7.97. The lowest BCUT2D eigenvalue weighted by molar-refractivity contribution is -0.126. The number of carbonyl (C=O) groups excluding carboxylic acids is 2. The van der Waals surface area contributed by atoms with E-state index in [1.165, 1.54) is 23.3 Å². The van der Waals surface area contributed by atoms with Crippen molar-refractivity contribution in [1.82, 2.24) is 10.2 Å². The SMILES string of the molecule is CCCCCNC(=O)C1CCN(C(=O)c2cc3c(s2)CCC(C)C3)CC1. The summed E-state index contributed by atoms with van der Waals surface area (Å²) < 4.78 is 0. The first-order valence-electron chi connectivity index (χ1n) is 10.3. The highest BCUT2D eigenvalue weighted by Gasteiger charge is 2.29. The number of amides is 2. The van der Waals surface area contributed by atoms with E-state index >= 15 is 0 Å². The van der Waals surface area contributed by atoms with Gasteiger partial charge in [-0.3, -0.25) is 9.59 Å². The number of nitrogens with one attached hydrogen (secondary N) is 1. The first-order chi connectivity index (χ1) is 12.6. The minimum Gasteiger partial charge on any atom is -0.356 e. The van der Waals surface area contributed by atoms with Gasteiger partial charge in [0.15, 0.2) is 0 Å². The molecule has 0 aromatic carbocycles. The van der Waals surface area contributed by atoms with E-state index in [2.05, 4.69) is 25.2 Å². The molecule has 1 fully saturated rings. The number of piperidine rings is 1. The molecule has 2 aliphatic rings. The second kappa shape index (κ2) is 9.03. The zero-order valence-electron chi connectivity index (χ0n) is 16.2. The molecule has 0 spiro atoms. The quantitative estimate of drug-likeness (QED) is 0.762. The Morgan fingerprint density at radius 3 is 2.73 bits per heavy atom. The maximum absolute atomic E-state index is 12.9. The van der Waals surface area contributed by atoms with Gasteiger partial charge in [-0.2, -0.15) is 0 Å². The number of hydrogen-bond acceptors (Lipinski definition) is 3. The molecular weight excluding hydrogens is 344 g/mol. The van der Waals surface area contributed by atoms with Crippen molar-refractivity contribution in [2.75, 3.05) is 19.6 Å².